The highest BCUT2D eigenvalue weighted by Crippen LogP contribution is 2.19. The Morgan fingerprint density at radius 3 is 2.32 bits per heavy atom. The summed E-state index contributed by atoms with van der Waals surface area (Å²) in [5.74, 6) is 0.257. The molecule has 2 aromatic rings. The first kappa shape index (κ1) is 20.4. The van der Waals surface area contributed by atoms with E-state index < -0.39 is 0 Å². The van der Waals surface area contributed by atoms with Crippen LogP contribution in [-0.4, -0.2) is 36.3 Å². The first-order valence-electron chi connectivity index (χ1n) is 9.64. The van der Waals surface area contributed by atoms with Gasteiger partial charge in [-0.05, 0) is 73.8 Å². The Bertz CT molecular complexity index is 798. The fraction of sp³-hybridized carbons (Fsp3) is 0.364. The van der Waals surface area contributed by atoms with Gasteiger partial charge in [0.25, 0.3) is 5.91 Å². The van der Waals surface area contributed by atoms with E-state index in [0.29, 0.717) is 10.6 Å². The van der Waals surface area contributed by atoms with Gasteiger partial charge in [-0.2, -0.15) is 0 Å². The lowest BCUT2D eigenvalue weighted by molar-refractivity contribution is -0.115. The van der Waals surface area contributed by atoms with Crippen LogP contribution in [0.15, 0.2) is 48.5 Å². The quantitative estimate of drug-likeness (QED) is 0.773. The molecule has 148 valence electrons. The summed E-state index contributed by atoms with van der Waals surface area (Å²) >= 11 is 5.81. The molecule has 1 heterocycles. The summed E-state index contributed by atoms with van der Waals surface area (Å²) in [4.78, 5) is 26.6. The summed E-state index contributed by atoms with van der Waals surface area (Å²) in [5, 5.41) is 5.98. The average Bonchev–Trinajstić information content (AvgIpc) is 2.70. The molecule has 0 unspecified atom stereocenters. The Morgan fingerprint density at radius 1 is 1.04 bits per heavy atom. The number of hydrogen-bond donors (Lipinski definition) is 2. The van der Waals surface area contributed by atoms with E-state index in [0.717, 1.165) is 31.2 Å². The highest BCUT2D eigenvalue weighted by Gasteiger charge is 2.15. The van der Waals surface area contributed by atoms with E-state index in [2.05, 4.69) is 22.5 Å². The van der Waals surface area contributed by atoms with Gasteiger partial charge in [0, 0.05) is 22.8 Å². The molecule has 2 amide bonds. The van der Waals surface area contributed by atoms with E-state index in [4.69, 9.17) is 11.6 Å². The third kappa shape index (κ3) is 6.08. The summed E-state index contributed by atoms with van der Waals surface area (Å²) in [5.41, 5.74) is 2.43. The number of halogens is 1. The third-order valence-electron chi connectivity index (χ3n) is 5.04. The molecule has 0 aliphatic carbocycles. The van der Waals surface area contributed by atoms with Gasteiger partial charge >= 0.3 is 0 Å². The lowest BCUT2D eigenvalue weighted by Gasteiger charge is -2.30. The molecule has 0 spiro atoms. The van der Waals surface area contributed by atoms with Crippen molar-refractivity contribution in [2.45, 2.75) is 26.3 Å². The van der Waals surface area contributed by atoms with E-state index >= 15 is 0 Å². The number of benzene rings is 2. The average molecular weight is 400 g/mol. The van der Waals surface area contributed by atoms with E-state index in [1.54, 1.807) is 24.3 Å². The maximum Gasteiger partial charge on any atom is 0.251 e. The van der Waals surface area contributed by atoms with Crippen LogP contribution in [-0.2, 0) is 11.3 Å². The van der Waals surface area contributed by atoms with Crippen molar-refractivity contribution in [1.82, 2.24) is 10.2 Å². The Labute approximate surface area is 171 Å². The van der Waals surface area contributed by atoms with Crippen LogP contribution in [0.25, 0.3) is 0 Å². The van der Waals surface area contributed by atoms with Gasteiger partial charge in [0.2, 0.25) is 5.91 Å². The van der Waals surface area contributed by atoms with Crippen LogP contribution < -0.4 is 10.6 Å². The number of nitrogens with one attached hydrogen (secondary N) is 2. The fourth-order valence-electron chi connectivity index (χ4n) is 3.24. The molecular weight excluding hydrogens is 374 g/mol. The number of piperidine rings is 1. The third-order valence-corrected chi connectivity index (χ3v) is 5.29. The highest BCUT2D eigenvalue weighted by molar-refractivity contribution is 6.30. The summed E-state index contributed by atoms with van der Waals surface area (Å²) in [6.07, 6.45) is 2.52. The van der Waals surface area contributed by atoms with Crippen molar-refractivity contribution in [3.63, 3.8) is 0 Å². The molecule has 0 radical (unpaired) electrons. The van der Waals surface area contributed by atoms with Crippen LogP contribution in [0, 0.1) is 5.92 Å². The first-order valence-corrected chi connectivity index (χ1v) is 10.0. The number of carbonyl (C=O) groups is 2. The van der Waals surface area contributed by atoms with Gasteiger partial charge in [-0.25, -0.2) is 0 Å². The molecule has 2 N–H and O–H groups in total. The summed E-state index contributed by atoms with van der Waals surface area (Å²) in [7, 11) is 0. The standard InChI is InChI=1S/C22H26ClN3O2/c1-16-10-12-26(13-11-16)15-17-2-8-20(9-3-17)25-21(27)14-24-22(28)18-4-6-19(23)7-5-18/h2-9,16H,10-15H2,1H3,(H,24,28)(H,25,27). The van der Waals surface area contributed by atoms with E-state index in [1.807, 2.05) is 24.3 Å². The Morgan fingerprint density at radius 2 is 1.68 bits per heavy atom. The molecule has 28 heavy (non-hydrogen) atoms. The molecular formula is C22H26ClN3O2. The monoisotopic (exact) mass is 399 g/mol. The van der Waals surface area contributed by atoms with Crippen molar-refractivity contribution < 1.29 is 9.59 Å². The van der Waals surface area contributed by atoms with Gasteiger partial charge in [-0.1, -0.05) is 30.7 Å². The maximum atomic E-state index is 12.1. The number of hydrogen-bond acceptors (Lipinski definition) is 3. The van der Waals surface area contributed by atoms with Gasteiger partial charge in [-0.3, -0.25) is 14.5 Å². The molecule has 1 saturated heterocycles. The number of nitrogens with zero attached hydrogens (tertiary/aromatic N) is 1. The summed E-state index contributed by atoms with van der Waals surface area (Å²) < 4.78 is 0. The molecule has 0 bridgehead atoms. The Kier molecular flexibility index (Phi) is 7.06. The molecule has 6 heteroatoms. The molecule has 5 nitrogen and oxygen atoms in total. The fourth-order valence-corrected chi connectivity index (χ4v) is 3.37. The number of likely N-dealkylation sites (tertiary alicyclic amines) is 1. The second-order valence-electron chi connectivity index (χ2n) is 7.39. The van der Waals surface area contributed by atoms with Crippen molar-refractivity contribution in [3.8, 4) is 0 Å². The molecule has 0 saturated carbocycles. The smallest absolute Gasteiger partial charge is 0.251 e. The second-order valence-corrected chi connectivity index (χ2v) is 7.83. The molecule has 0 atom stereocenters. The van der Waals surface area contributed by atoms with E-state index in [9.17, 15) is 9.59 Å². The van der Waals surface area contributed by atoms with Crippen LogP contribution in [0.5, 0.6) is 0 Å². The number of rotatable bonds is 6. The normalized spacial score (nSPS) is 15.2. The number of carbonyl (C=O) groups excluding carboxylic acids is 2. The number of anilines is 1. The Hall–Kier alpha value is -2.37. The molecule has 2 aromatic carbocycles. The van der Waals surface area contributed by atoms with E-state index in [1.165, 1.54) is 18.4 Å². The van der Waals surface area contributed by atoms with E-state index in [-0.39, 0.29) is 18.4 Å². The Balaban J connectivity index is 1.43. The largest absolute Gasteiger partial charge is 0.343 e. The van der Waals surface area contributed by atoms with Crippen LogP contribution in [0.2, 0.25) is 5.02 Å². The van der Waals surface area contributed by atoms with Crippen LogP contribution in [0.3, 0.4) is 0 Å². The van der Waals surface area contributed by atoms with Crippen molar-refractivity contribution in [2.24, 2.45) is 5.92 Å². The van der Waals surface area contributed by atoms with Gasteiger partial charge in [0.1, 0.15) is 0 Å². The lowest BCUT2D eigenvalue weighted by atomic mass is 9.99. The summed E-state index contributed by atoms with van der Waals surface area (Å²) in [6, 6.07) is 14.4. The minimum Gasteiger partial charge on any atom is -0.343 e. The molecule has 0 aromatic heterocycles. The summed E-state index contributed by atoms with van der Waals surface area (Å²) in [6.45, 7) is 5.46. The number of amides is 2. The predicted octanol–water partition coefficient (Wildman–Crippen LogP) is 3.94. The minimum absolute atomic E-state index is 0.0881. The molecule has 1 fully saturated rings. The highest BCUT2D eigenvalue weighted by atomic mass is 35.5. The van der Waals surface area contributed by atoms with Crippen molar-refractivity contribution in [2.75, 3.05) is 25.0 Å². The van der Waals surface area contributed by atoms with Gasteiger partial charge in [-0.15, -0.1) is 0 Å². The van der Waals surface area contributed by atoms with Crippen LogP contribution >= 0.6 is 11.6 Å². The topological polar surface area (TPSA) is 61.4 Å². The van der Waals surface area contributed by atoms with Crippen LogP contribution in [0.4, 0.5) is 5.69 Å². The second kappa shape index (κ2) is 9.71. The minimum atomic E-state index is -0.307. The van der Waals surface area contributed by atoms with Gasteiger partial charge in [0.05, 0.1) is 6.54 Å². The predicted molar refractivity (Wildman–Crippen MR) is 113 cm³/mol. The lowest BCUT2D eigenvalue weighted by Crippen LogP contribution is -2.33. The van der Waals surface area contributed by atoms with Crippen molar-refractivity contribution in [3.05, 3.63) is 64.7 Å². The van der Waals surface area contributed by atoms with Crippen LogP contribution in [0.1, 0.15) is 35.7 Å². The molecule has 3 rings (SSSR count). The maximum absolute atomic E-state index is 12.1. The molecule has 1 aliphatic rings. The van der Waals surface area contributed by atoms with Crippen molar-refractivity contribution >= 4 is 29.1 Å². The van der Waals surface area contributed by atoms with Gasteiger partial charge < -0.3 is 10.6 Å². The zero-order valence-electron chi connectivity index (χ0n) is 16.1. The SMILES string of the molecule is CC1CCN(Cc2ccc(NC(=O)CNC(=O)c3ccc(Cl)cc3)cc2)CC1. The zero-order valence-corrected chi connectivity index (χ0v) is 16.8. The molecule has 1 aliphatic heterocycles. The zero-order chi connectivity index (χ0) is 19.9. The van der Waals surface area contributed by atoms with Gasteiger partial charge in [0.15, 0.2) is 0 Å². The first-order chi connectivity index (χ1) is 13.5. The van der Waals surface area contributed by atoms with Crippen molar-refractivity contribution in [1.29, 1.82) is 0 Å².